The van der Waals surface area contributed by atoms with Gasteiger partial charge in [0.25, 0.3) is 0 Å². The van der Waals surface area contributed by atoms with Crippen molar-refractivity contribution < 1.29 is 4.42 Å². The van der Waals surface area contributed by atoms with Gasteiger partial charge in [0.1, 0.15) is 0 Å². The number of piperidine rings is 1. The van der Waals surface area contributed by atoms with Crippen LogP contribution in [0.15, 0.2) is 28.9 Å². The molecule has 0 N–H and O–H groups in total. The van der Waals surface area contributed by atoms with Gasteiger partial charge in [-0.1, -0.05) is 0 Å². The van der Waals surface area contributed by atoms with Crippen LogP contribution in [0.5, 0.6) is 0 Å². The predicted molar refractivity (Wildman–Crippen MR) is 76.3 cm³/mol. The first-order valence-electron chi connectivity index (χ1n) is 7.44. The molecule has 2 atom stereocenters. The molecular weight excluding hydrogens is 266 g/mol. The van der Waals surface area contributed by atoms with E-state index in [1.54, 1.807) is 0 Å². The van der Waals surface area contributed by atoms with Crippen LogP contribution in [-0.2, 0) is 13.1 Å². The summed E-state index contributed by atoms with van der Waals surface area (Å²) in [6, 6.07) is 5.44. The minimum atomic E-state index is 0.623. The Morgan fingerprint density at radius 2 is 1.90 bits per heavy atom. The van der Waals surface area contributed by atoms with Crippen LogP contribution in [0.2, 0.25) is 0 Å². The van der Waals surface area contributed by atoms with Crippen molar-refractivity contribution in [2.45, 2.75) is 38.5 Å². The molecule has 5 rings (SSSR count). The zero-order chi connectivity index (χ0) is 14.2. The lowest BCUT2D eigenvalue weighted by molar-refractivity contribution is -0.0813. The highest BCUT2D eigenvalue weighted by Crippen LogP contribution is 2.34. The van der Waals surface area contributed by atoms with Crippen molar-refractivity contribution in [2.75, 3.05) is 13.1 Å². The summed E-state index contributed by atoms with van der Waals surface area (Å²) in [7, 11) is 0. The maximum Gasteiger partial charge on any atom is 0.230 e. The van der Waals surface area contributed by atoms with Crippen molar-refractivity contribution in [3.8, 4) is 0 Å². The Hall–Kier alpha value is -1.79. The van der Waals surface area contributed by atoms with E-state index < -0.39 is 0 Å². The topological polar surface area (TPSA) is 58.3 Å². The van der Waals surface area contributed by atoms with Crippen LogP contribution < -0.4 is 0 Å². The average Bonchev–Trinajstić information content (AvgIpc) is 2.91. The van der Waals surface area contributed by atoms with Crippen molar-refractivity contribution >= 4 is 0 Å². The van der Waals surface area contributed by atoms with E-state index in [0.717, 1.165) is 32.1 Å². The Morgan fingerprint density at radius 1 is 1.14 bits per heavy atom. The fourth-order valence-corrected chi connectivity index (χ4v) is 3.47. The molecule has 0 aliphatic carbocycles. The van der Waals surface area contributed by atoms with Crippen LogP contribution in [0.25, 0.3) is 0 Å². The standard InChI is InChI=1S/C15H19N5O/c1-11-17-18-15(21-11)10-20-13-6-14(20)9-19(8-13)7-12-2-4-16-5-3-12/h2-5,13-14H,6-10H2,1H3. The highest BCUT2D eigenvalue weighted by Gasteiger charge is 2.44. The average molecular weight is 285 g/mol. The third-order valence-electron chi connectivity index (χ3n) is 4.46. The van der Waals surface area contributed by atoms with Gasteiger partial charge in [-0.15, -0.1) is 10.2 Å². The number of piperazine rings is 1. The van der Waals surface area contributed by atoms with Gasteiger partial charge in [-0.3, -0.25) is 14.8 Å². The van der Waals surface area contributed by atoms with Crippen molar-refractivity contribution in [2.24, 2.45) is 0 Å². The number of rotatable bonds is 4. The Balaban J connectivity index is 1.35. The fraction of sp³-hybridized carbons (Fsp3) is 0.533. The molecule has 5 heterocycles. The zero-order valence-corrected chi connectivity index (χ0v) is 12.1. The quantitative estimate of drug-likeness (QED) is 0.842. The zero-order valence-electron chi connectivity index (χ0n) is 12.1. The fourth-order valence-electron chi connectivity index (χ4n) is 3.47. The van der Waals surface area contributed by atoms with Gasteiger partial charge in [0.15, 0.2) is 0 Å². The van der Waals surface area contributed by atoms with Gasteiger partial charge in [-0.25, -0.2) is 0 Å². The normalized spacial score (nSPS) is 25.8. The SMILES string of the molecule is Cc1nnc(CN2C3CC2CN(Cc2ccncc2)C3)o1. The van der Waals surface area contributed by atoms with Crippen molar-refractivity contribution in [1.82, 2.24) is 25.0 Å². The number of hydrogen-bond donors (Lipinski definition) is 0. The van der Waals surface area contributed by atoms with Crippen LogP contribution in [0.3, 0.4) is 0 Å². The monoisotopic (exact) mass is 285 g/mol. The molecule has 3 fully saturated rings. The smallest absolute Gasteiger partial charge is 0.230 e. The third-order valence-corrected chi connectivity index (χ3v) is 4.46. The van der Waals surface area contributed by atoms with Gasteiger partial charge in [0.2, 0.25) is 11.8 Å². The van der Waals surface area contributed by atoms with Crippen LogP contribution in [0, 0.1) is 6.92 Å². The number of hydrogen-bond acceptors (Lipinski definition) is 6. The lowest BCUT2D eigenvalue weighted by Crippen LogP contribution is -2.67. The number of aromatic nitrogens is 3. The number of aryl methyl sites for hydroxylation is 1. The van der Waals surface area contributed by atoms with Crippen molar-refractivity contribution in [3.63, 3.8) is 0 Å². The molecule has 0 saturated carbocycles. The summed E-state index contributed by atoms with van der Waals surface area (Å²) >= 11 is 0. The summed E-state index contributed by atoms with van der Waals surface area (Å²) in [6.45, 7) is 5.88. The minimum Gasteiger partial charge on any atom is -0.424 e. The first-order valence-corrected chi connectivity index (χ1v) is 7.44. The molecule has 2 bridgehead atoms. The van der Waals surface area contributed by atoms with E-state index in [-0.39, 0.29) is 0 Å². The first-order chi connectivity index (χ1) is 10.3. The van der Waals surface area contributed by atoms with Crippen molar-refractivity contribution in [1.29, 1.82) is 0 Å². The largest absolute Gasteiger partial charge is 0.424 e. The number of pyridine rings is 1. The van der Waals surface area contributed by atoms with Crippen LogP contribution in [0.4, 0.5) is 0 Å². The second-order valence-electron chi connectivity index (χ2n) is 5.98. The summed E-state index contributed by atoms with van der Waals surface area (Å²) in [5, 5.41) is 8.01. The second kappa shape index (κ2) is 5.20. The van der Waals surface area contributed by atoms with E-state index >= 15 is 0 Å². The molecule has 3 saturated heterocycles. The molecule has 2 unspecified atom stereocenters. The van der Waals surface area contributed by atoms with Gasteiger partial charge < -0.3 is 4.42 Å². The van der Waals surface area contributed by atoms with Crippen molar-refractivity contribution in [3.05, 3.63) is 41.9 Å². The highest BCUT2D eigenvalue weighted by molar-refractivity contribution is 5.11. The van der Waals surface area contributed by atoms with E-state index in [0.29, 0.717) is 18.0 Å². The van der Waals surface area contributed by atoms with Gasteiger partial charge in [-0.05, 0) is 24.1 Å². The van der Waals surface area contributed by atoms with E-state index in [1.165, 1.54) is 12.0 Å². The third kappa shape index (κ3) is 2.56. The molecule has 2 aromatic rings. The van der Waals surface area contributed by atoms with Crippen LogP contribution >= 0.6 is 0 Å². The molecule has 6 nitrogen and oxygen atoms in total. The summed E-state index contributed by atoms with van der Waals surface area (Å²) < 4.78 is 5.49. The summed E-state index contributed by atoms with van der Waals surface area (Å²) in [4.78, 5) is 9.10. The van der Waals surface area contributed by atoms with Gasteiger partial charge in [-0.2, -0.15) is 0 Å². The molecule has 3 aliphatic rings. The molecule has 110 valence electrons. The lowest BCUT2D eigenvalue weighted by atomic mass is 9.87. The molecular formula is C15H19N5O. The minimum absolute atomic E-state index is 0.623. The van der Waals surface area contributed by atoms with Gasteiger partial charge >= 0.3 is 0 Å². The van der Waals surface area contributed by atoms with Gasteiger partial charge in [0.05, 0.1) is 6.54 Å². The van der Waals surface area contributed by atoms with Gasteiger partial charge in [0, 0.05) is 51.0 Å². The molecule has 2 aromatic heterocycles. The molecule has 0 spiro atoms. The predicted octanol–water partition coefficient (Wildman–Crippen LogP) is 1.23. The maximum absolute atomic E-state index is 5.49. The Morgan fingerprint density at radius 3 is 2.57 bits per heavy atom. The first kappa shape index (κ1) is 12.9. The Kier molecular flexibility index (Phi) is 3.20. The molecule has 6 heteroatoms. The Bertz CT molecular complexity index is 602. The molecule has 0 aromatic carbocycles. The summed E-state index contributed by atoms with van der Waals surface area (Å²) in [5.41, 5.74) is 1.34. The Labute approximate surface area is 123 Å². The highest BCUT2D eigenvalue weighted by atomic mass is 16.4. The van der Waals surface area contributed by atoms with E-state index in [2.05, 4.69) is 37.1 Å². The summed E-state index contributed by atoms with van der Waals surface area (Å²) in [5.74, 6) is 1.39. The van der Waals surface area contributed by atoms with E-state index in [1.807, 2.05) is 19.3 Å². The number of nitrogens with zero attached hydrogens (tertiary/aromatic N) is 5. The summed E-state index contributed by atoms with van der Waals surface area (Å²) in [6.07, 6.45) is 5.02. The molecule has 3 aliphatic heterocycles. The second-order valence-corrected chi connectivity index (χ2v) is 5.98. The molecule has 0 radical (unpaired) electrons. The number of fused-ring (bicyclic) bond motifs is 2. The van der Waals surface area contributed by atoms with E-state index in [4.69, 9.17) is 4.42 Å². The van der Waals surface area contributed by atoms with Crippen LogP contribution in [-0.4, -0.2) is 50.2 Å². The lowest BCUT2D eigenvalue weighted by Gasteiger charge is -2.56. The maximum atomic E-state index is 5.49. The molecule has 0 amide bonds. The van der Waals surface area contributed by atoms with E-state index in [9.17, 15) is 0 Å². The van der Waals surface area contributed by atoms with Crippen LogP contribution in [0.1, 0.15) is 23.8 Å². The molecule has 21 heavy (non-hydrogen) atoms.